The van der Waals surface area contributed by atoms with Crippen molar-refractivity contribution in [3.8, 4) is 5.75 Å². The van der Waals surface area contributed by atoms with Crippen molar-refractivity contribution >= 4 is 33.3 Å². The van der Waals surface area contributed by atoms with Gasteiger partial charge in [-0.15, -0.1) is 0 Å². The molecule has 90 valence electrons. The van der Waals surface area contributed by atoms with Crippen LogP contribution < -0.4 is 5.63 Å². The van der Waals surface area contributed by atoms with Gasteiger partial charge in [0.25, 0.3) is 0 Å². The van der Waals surface area contributed by atoms with Crippen molar-refractivity contribution in [3.05, 3.63) is 51.3 Å². The fourth-order valence-corrected chi connectivity index (χ4v) is 2.37. The Kier molecular flexibility index (Phi) is 2.31. The van der Waals surface area contributed by atoms with E-state index in [4.69, 9.17) is 16.0 Å². The summed E-state index contributed by atoms with van der Waals surface area (Å²) in [6.07, 6.45) is 0. The summed E-state index contributed by atoms with van der Waals surface area (Å²) >= 11 is 5.96. The summed E-state index contributed by atoms with van der Waals surface area (Å²) in [5.41, 5.74) is 0.634. The molecule has 0 amide bonds. The molecule has 3 aromatic rings. The van der Waals surface area contributed by atoms with Crippen molar-refractivity contribution in [1.82, 2.24) is 0 Å². The molecule has 0 fully saturated rings. The molecule has 1 heterocycles. The Balaban J connectivity index is 2.68. The molecule has 0 aliphatic rings. The van der Waals surface area contributed by atoms with E-state index < -0.39 is 5.63 Å². The molecule has 18 heavy (non-hydrogen) atoms. The number of benzene rings is 2. The fourth-order valence-electron chi connectivity index (χ4n) is 2.16. The number of hydrogen-bond donors (Lipinski definition) is 1. The molecule has 0 bridgehead atoms. The number of aromatic hydroxyl groups is 1. The highest BCUT2D eigenvalue weighted by atomic mass is 35.5. The zero-order valence-electron chi connectivity index (χ0n) is 9.53. The predicted octanol–water partition coefficient (Wildman–Crippen LogP) is 3.61. The van der Waals surface area contributed by atoms with E-state index in [0.29, 0.717) is 5.39 Å². The minimum atomic E-state index is -0.442. The largest absolute Gasteiger partial charge is 0.506 e. The Morgan fingerprint density at radius 3 is 2.72 bits per heavy atom. The first-order chi connectivity index (χ1) is 8.59. The first kappa shape index (κ1) is 11.1. The Hall–Kier alpha value is -2.00. The number of fused-ring (bicyclic) bond motifs is 3. The third kappa shape index (κ3) is 1.41. The van der Waals surface area contributed by atoms with Crippen molar-refractivity contribution in [2.24, 2.45) is 0 Å². The van der Waals surface area contributed by atoms with Gasteiger partial charge in [-0.05, 0) is 24.6 Å². The first-order valence-corrected chi connectivity index (χ1v) is 5.81. The van der Waals surface area contributed by atoms with Crippen LogP contribution in [0.25, 0.3) is 21.7 Å². The summed E-state index contributed by atoms with van der Waals surface area (Å²) in [5, 5.41) is 11.7. The lowest BCUT2D eigenvalue weighted by molar-refractivity contribution is 0.473. The average Bonchev–Trinajstić information content (AvgIpc) is 2.34. The molecule has 2 aromatic carbocycles. The monoisotopic (exact) mass is 260 g/mol. The maximum atomic E-state index is 12.0. The van der Waals surface area contributed by atoms with Crippen LogP contribution in [-0.2, 0) is 0 Å². The standard InChI is InChI=1S/C14H9ClO3/c1-7-3-2-4-8-9-5-6-10(16)12(15)13(9)18-14(17)11(7)8/h2-6,16H,1H3. The van der Waals surface area contributed by atoms with Gasteiger partial charge < -0.3 is 9.52 Å². The zero-order valence-corrected chi connectivity index (χ0v) is 10.3. The second-order valence-corrected chi connectivity index (χ2v) is 4.54. The summed E-state index contributed by atoms with van der Waals surface area (Å²) in [7, 11) is 0. The molecule has 0 saturated carbocycles. The van der Waals surface area contributed by atoms with Crippen LogP contribution in [-0.4, -0.2) is 5.11 Å². The minimum absolute atomic E-state index is 0.0630. The summed E-state index contributed by atoms with van der Waals surface area (Å²) in [6, 6.07) is 8.76. The maximum Gasteiger partial charge on any atom is 0.344 e. The van der Waals surface area contributed by atoms with Gasteiger partial charge in [-0.1, -0.05) is 29.8 Å². The van der Waals surface area contributed by atoms with Crippen LogP contribution in [0.1, 0.15) is 5.56 Å². The van der Waals surface area contributed by atoms with E-state index in [1.54, 1.807) is 6.07 Å². The van der Waals surface area contributed by atoms with E-state index in [9.17, 15) is 9.90 Å². The maximum absolute atomic E-state index is 12.0. The molecule has 3 nitrogen and oxygen atoms in total. The molecule has 1 N–H and O–H groups in total. The topological polar surface area (TPSA) is 50.4 Å². The molecular formula is C14H9ClO3. The normalized spacial score (nSPS) is 11.2. The summed E-state index contributed by atoms with van der Waals surface area (Å²) in [4.78, 5) is 12.0. The van der Waals surface area contributed by atoms with Crippen LogP contribution in [0.3, 0.4) is 0 Å². The molecule has 0 atom stereocenters. The Labute approximate surface area is 107 Å². The summed E-state index contributed by atoms with van der Waals surface area (Å²) < 4.78 is 5.22. The lowest BCUT2D eigenvalue weighted by atomic mass is 10.0. The second kappa shape index (κ2) is 3.75. The Bertz CT molecular complexity index is 834. The van der Waals surface area contributed by atoms with Crippen molar-refractivity contribution < 1.29 is 9.52 Å². The van der Waals surface area contributed by atoms with Gasteiger partial charge in [-0.25, -0.2) is 4.79 Å². The van der Waals surface area contributed by atoms with Gasteiger partial charge >= 0.3 is 5.63 Å². The molecule has 0 radical (unpaired) electrons. The van der Waals surface area contributed by atoms with E-state index in [1.807, 2.05) is 25.1 Å². The number of rotatable bonds is 0. The summed E-state index contributed by atoms with van der Waals surface area (Å²) in [6.45, 7) is 1.85. The molecule has 3 rings (SSSR count). The van der Waals surface area contributed by atoms with E-state index in [0.717, 1.165) is 16.3 Å². The van der Waals surface area contributed by atoms with Crippen LogP contribution in [0.4, 0.5) is 0 Å². The van der Waals surface area contributed by atoms with Gasteiger partial charge in [0, 0.05) is 10.8 Å². The SMILES string of the molecule is Cc1cccc2c1c(=O)oc1c(Cl)c(O)ccc12. The number of halogens is 1. The molecular weight excluding hydrogens is 252 g/mol. The Morgan fingerprint density at radius 2 is 1.94 bits per heavy atom. The number of phenolic OH excluding ortho intramolecular Hbond substituents is 1. The lowest BCUT2D eigenvalue weighted by Crippen LogP contribution is -2.01. The highest BCUT2D eigenvalue weighted by molar-refractivity contribution is 6.37. The van der Waals surface area contributed by atoms with Crippen LogP contribution in [0.2, 0.25) is 5.02 Å². The third-order valence-electron chi connectivity index (χ3n) is 3.04. The molecule has 0 unspecified atom stereocenters. The quantitative estimate of drug-likeness (QED) is 0.496. The predicted molar refractivity (Wildman–Crippen MR) is 71.4 cm³/mol. The highest BCUT2D eigenvalue weighted by Gasteiger charge is 2.13. The molecule has 0 saturated heterocycles. The molecule has 4 heteroatoms. The van der Waals surface area contributed by atoms with E-state index in [1.165, 1.54) is 6.07 Å². The Morgan fingerprint density at radius 1 is 1.17 bits per heavy atom. The third-order valence-corrected chi connectivity index (χ3v) is 3.40. The van der Waals surface area contributed by atoms with Crippen LogP contribution in [0.15, 0.2) is 39.5 Å². The van der Waals surface area contributed by atoms with Gasteiger partial charge in [0.1, 0.15) is 10.8 Å². The molecule has 0 aliphatic carbocycles. The van der Waals surface area contributed by atoms with Crippen LogP contribution >= 0.6 is 11.6 Å². The van der Waals surface area contributed by atoms with Gasteiger partial charge in [0.05, 0.1) is 5.39 Å². The average molecular weight is 261 g/mol. The van der Waals surface area contributed by atoms with E-state index >= 15 is 0 Å². The van der Waals surface area contributed by atoms with Crippen LogP contribution in [0.5, 0.6) is 5.75 Å². The van der Waals surface area contributed by atoms with Gasteiger partial charge in [0.2, 0.25) is 0 Å². The van der Waals surface area contributed by atoms with Crippen molar-refractivity contribution in [1.29, 1.82) is 0 Å². The second-order valence-electron chi connectivity index (χ2n) is 4.16. The van der Waals surface area contributed by atoms with Crippen LogP contribution in [0, 0.1) is 6.92 Å². The minimum Gasteiger partial charge on any atom is -0.506 e. The van der Waals surface area contributed by atoms with Crippen molar-refractivity contribution in [3.63, 3.8) is 0 Å². The smallest absolute Gasteiger partial charge is 0.344 e. The zero-order chi connectivity index (χ0) is 12.9. The van der Waals surface area contributed by atoms with Gasteiger partial charge in [-0.2, -0.15) is 0 Å². The van der Waals surface area contributed by atoms with Gasteiger partial charge in [-0.3, -0.25) is 0 Å². The molecule has 0 aliphatic heterocycles. The van der Waals surface area contributed by atoms with Crippen molar-refractivity contribution in [2.45, 2.75) is 6.92 Å². The first-order valence-electron chi connectivity index (χ1n) is 5.43. The number of hydrogen-bond acceptors (Lipinski definition) is 3. The lowest BCUT2D eigenvalue weighted by Gasteiger charge is -2.06. The van der Waals surface area contributed by atoms with Gasteiger partial charge in [0.15, 0.2) is 5.58 Å². The fraction of sp³-hybridized carbons (Fsp3) is 0.0714. The van der Waals surface area contributed by atoms with E-state index in [2.05, 4.69) is 0 Å². The molecule has 0 spiro atoms. The number of aryl methyl sites for hydroxylation is 1. The summed E-state index contributed by atoms with van der Waals surface area (Å²) in [5.74, 6) is -0.0979. The van der Waals surface area contributed by atoms with E-state index in [-0.39, 0.29) is 16.4 Å². The molecule has 1 aromatic heterocycles. The highest BCUT2D eigenvalue weighted by Crippen LogP contribution is 2.34. The number of phenols is 1. The van der Waals surface area contributed by atoms with Crippen molar-refractivity contribution in [2.75, 3.05) is 0 Å².